The van der Waals surface area contributed by atoms with E-state index >= 15 is 0 Å². The highest BCUT2D eigenvalue weighted by Crippen LogP contribution is 2.33. The van der Waals surface area contributed by atoms with Gasteiger partial charge in [-0.2, -0.15) is 0 Å². The molecule has 0 aliphatic rings. The van der Waals surface area contributed by atoms with Crippen molar-refractivity contribution in [3.63, 3.8) is 0 Å². The Morgan fingerprint density at radius 3 is 2.62 bits per heavy atom. The van der Waals surface area contributed by atoms with Crippen LogP contribution in [-0.2, 0) is 0 Å². The lowest BCUT2D eigenvalue weighted by Gasteiger charge is -2.13. The standard InChI is InChI=1S/C17H13ClFNO/c1-10(21)17-13(11-4-2-5-12(19)8-11)9-14-15(18)6-3-7-16(14)20-17/h2-10,21H,1H3/t10-/m1/s1. The quantitative estimate of drug-likeness (QED) is 0.741. The van der Waals surface area contributed by atoms with Gasteiger partial charge in [-0.15, -0.1) is 0 Å². The number of aromatic nitrogens is 1. The zero-order valence-corrected chi connectivity index (χ0v) is 12.1. The highest BCUT2D eigenvalue weighted by molar-refractivity contribution is 6.35. The summed E-state index contributed by atoms with van der Waals surface area (Å²) in [5, 5.41) is 11.3. The van der Waals surface area contributed by atoms with Gasteiger partial charge in [-0.25, -0.2) is 9.37 Å². The summed E-state index contributed by atoms with van der Waals surface area (Å²) in [4.78, 5) is 4.48. The Morgan fingerprint density at radius 1 is 1.14 bits per heavy atom. The number of benzene rings is 2. The summed E-state index contributed by atoms with van der Waals surface area (Å²) >= 11 is 6.20. The second kappa shape index (κ2) is 5.43. The fraction of sp³-hybridized carbons (Fsp3) is 0.118. The van der Waals surface area contributed by atoms with Crippen molar-refractivity contribution in [1.29, 1.82) is 0 Å². The third-order valence-electron chi connectivity index (χ3n) is 3.37. The molecule has 0 saturated carbocycles. The van der Waals surface area contributed by atoms with E-state index in [0.29, 0.717) is 27.4 Å². The van der Waals surface area contributed by atoms with Crippen LogP contribution < -0.4 is 0 Å². The van der Waals surface area contributed by atoms with Gasteiger partial charge in [-0.1, -0.05) is 29.8 Å². The molecule has 0 radical (unpaired) electrons. The highest BCUT2D eigenvalue weighted by atomic mass is 35.5. The Hall–Kier alpha value is -1.97. The van der Waals surface area contributed by atoms with E-state index < -0.39 is 6.10 Å². The first-order valence-corrected chi connectivity index (χ1v) is 6.97. The molecule has 1 heterocycles. The van der Waals surface area contributed by atoms with Gasteiger partial charge in [-0.3, -0.25) is 0 Å². The van der Waals surface area contributed by atoms with Crippen molar-refractivity contribution in [1.82, 2.24) is 4.98 Å². The zero-order chi connectivity index (χ0) is 15.0. The fourth-order valence-electron chi connectivity index (χ4n) is 2.38. The molecule has 0 aliphatic heterocycles. The maximum absolute atomic E-state index is 13.5. The minimum Gasteiger partial charge on any atom is -0.387 e. The van der Waals surface area contributed by atoms with Crippen LogP contribution >= 0.6 is 11.6 Å². The number of halogens is 2. The Morgan fingerprint density at radius 2 is 1.90 bits per heavy atom. The summed E-state index contributed by atoms with van der Waals surface area (Å²) in [5.41, 5.74) is 2.57. The van der Waals surface area contributed by atoms with Crippen molar-refractivity contribution in [2.24, 2.45) is 0 Å². The third-order valence-corrected chi connectivity index (χ3v) is 3.70. The monoisotopic (exact) mass is 301 g/mol. The van der Waals surface area contributed by atoms with Crippen molar-refractivity contribution in [2.75, 3.05) is 0 Å². The maximum atomic E-state index is 13.5. The summed E-state index contributed by atoms with van der Waals surface area (Å²) in [5.74, 6) is -0.330. The molecular weight excluding hydrogens is 289 g/mol. The number of rotatable bonds is 2. The molecule has 3 rings (SSSR count). The molecule has 0 unspecified atom stereocenters. The van der Waals surface area contributed by atoms with Crippen LogP contribution in [-0.4, -0.2) is 10.1 Å². The Bertz CT molecular complexity index is 817. The molecule has 0 fully saturated rings. The van der Waals surface area contributed by atoms with E-state index in [4.69, 9.17) is 11.6 Å². The second-order valence-corrected chi connectivity index (χ2v) is 5.32. The fourth-order valence-corrected chi connectivity index (χ4v) is 2.60. The van der Waals surface area contributed by atoms with Gasteiger partial charge in [-0.05, 0) is 42.8 Å². The van der Waals surface area contributed by atoms with Crippen molar-refractivity contribution < 1.29 is 9.50 Å². The van der Waals surface area contributed by atoms with E-state index in [2.05, 4.69) is 4.98 Å². The molecular formula is C17H13ClFNO. The van der Waals surface area contributed by atoms with E-state index in [1.165, 1.54) is 12.1 Å². The molecule has 0 amide bonds. The highest BCUT2D eigenvalue weighted by Gasteiger charge is 2.15. The number of pyridine rings is 1. The van der Waals surface area contributed by atoms with Crippen LogP contribution in [0.2, 0.25) is 5.02 Å². The normalized spacial score (nSPS) is 12.6. The lowest BCUT2D eigenvalue weighted by molar-refractivity contribution is 0.195. The molecule has 4 heteroatoms. The number of aliphatic hydroxyl groups is 1. The van der Waals surface area contributed by atoms with Gasteiger partial charge in [0.05, 0.1) is 17.3 Å². The number of hydrogen-bond acceptors (Lipinski definition) is 2. The molecule has 21 heavy (non-hydrogen) atoms. The molecule has 0 spiro atoms. The predicted molar refractivity (Wildman–Crippen MR) is 82.8 cm³/mol. The maximum Gasteiger partial charge on any atom is 0.123 e. The first-order valence-electron chi connectivity index (χ1n) is 6.59. The molecule has 1 atom stereocenters. The smallest absolute Gasteiger partial charge is 0.123 e. The Balaban J connectivity index is 2.34. The van der Waals surface area contributed by atoms with E-state index in [0.717, 1.165) is 5.39 Å². The topological polar surface area (TPSA) is 33.1 Å². The molecule has 0 aliphatic carbocycles. The molecule has 2 aromatic carbocycles. The zero-order valence-electron chi connectivity index (χ0n) is 11.3. The van der Waals surface area contributed by atoms with Gasteiger partial charge in [0.25, 0.3) is 0 Å². The summed E-state index contributed by atoms with van der Waals surface area (Å²) < 4.78 is 13.5. The molecule has 106 valence electrons. The van der Waals surface area contributed by atoms with Crippen LogP contribution in [0.1, 0.15) is 18.7 Å². The number of nitrogens with zero attached hydrogens (tertiary/aromatic N) is 1. The largest absolute Gasteiger partial charge is 0.387 e. The second-order valence-electron chi connectivity index (χ2n) is 4.91. The third kappa shape index (κ3) is 2.62. The molecule has 3 aromatic rings. The van der Waals surface area contributed by atoms with Gasteiger partial charge in [0.1, 0.15) is 5.82 Å². The van der Waals surface area contributed by atoms with Crippen LogP contribution in [0.3, 0.4) is 0 Å². The van der Waals surface area contributed by atoms with E-state index in [1.807, 2.05) is 18.2 Å². The summed E-state index contributed by atoms with van der Waals surface area (Å²) in [7, 11) is 0. The van der Waals surface area contributed by atoms with Crippen molar-refractivity contribution in [3.05, 3.63) is 65.1 Å². The molecule has 1 N–H and O–H groups in total. The summed E-state index contributed by atoms with van der Waals surface area (Å²) in [6.07, 6.45) is -0.758. The van der Waals surface area contributed by atoms with Crippen LogP contribution in [0, 0.1) is 5.82 Å². The molecule has 2 nitrogen and oxygen atoms in total. The molecule has 1 aromatic heterocycles. The van der Waals surface area contributed by atoms with E-state index in [9.17, 15) is 9.50 Å². The first kappa shape index (κ1) is 14.0. The Kier molecular flexibility index (Phi) is 3.62. The minimum atomic E-state index is -0.758. The number of hydrogen-bond donors (Lipinski definition) is 1. The van der Waals surface area contributed by atoms with Crippen LogP contribution in [0.4, 0.5) is 4.39 Å². The number of fused-ring (bicyclic) bond motifs is 1. The first-order chi connectivity index (χ1) is 10.1. The van der Waals surface area contributed by atoms with Crippen LogP contribution in [0.15, 0.2) is 48.5 Å². The summed E-state index contributed by atoms with van der Waals surface area (Å²) in [6, 6.07) is 13.5. The van der Waals surface area contributed by atoms with Crippen molar-refractivity contribution >= 4 is 22.5 Å². The average molecular weight is 302 g/mol. The lowest BCUT2D eigenvalue weighted by atomic mass is 9.99. The van der Waals surface area contributed by atoms with Crippen LogP contribution in [0.25, 0.3) is 22.0 Å². The molecule has 0 saturated heterocycles. The molecule has 0 bridgehead atoms. The SMILES string of the molecule is C[C@@H](O)c1nc2cccc(Cl)c2cc1-c1cccc(F)c1. The van der Waals surface area contributed by atoms with Crippen molar-refractivity contribution in [2.45, 2.75) is 13.0 Å². The van der Waals surface area contributed by atoms with E-state index in [1.54, 1.807) is 25.1 Å². The van der Waals surface area contributed by atoms with Gasteiger partial charge in [0.15, 0.2) is 0 Å². The minimum absolute atomic E-state index is 0.330. The predicted octanol–water partition coefficient (Wildman–Crippen LogP) is 4.75. The van der Waals surface area contributed by atoms with Gasteiger partial charge >= 0.3 is 0 Å². The van der Waals surface area contributed by atoms with Gasteiger partial charge in [0.2, 0.25) is 0 Å². The van der Waals surface area contributed by atoms with E-state index in [-0.39, 0.29) is 5.82 Å². The number of aliphatic hydroxyl groups excluding tert-OH is 1. The average Bonchev–Trinajstić information content (AvgIpc) is 2.46. The lowest BCUT2D eigenvalue weighted by Crippen LogP contribution is -2.00. The van der Waals surface area contributed by atoms with Gasteiger partial charge in [0, 0.05) is 16.0 Å². The summed E-state index contributed by atoms with van der Waals surface area (Å²) in [6.45, 7) is 1.64. The van der Waals surface area contributed by atoms with Crippen molar-refractivity contribution in [3.8, 4) is 11.1 Å². The Labute approximate surface area is 126 Å². The van der Waals surface area contributed by atoms with Gasteiger partial charge < -0.3 is 5.11 Å². The van der Waals surface area contributed by atoms with Crippen LogP contribution in [0.5, 0.6) is 0 Å².